The predicted molar refractivity (Wildman–Crippen MR) is 105 cm³/mol. The summed E-state index contributed by atoms with van der Waals surface area (Å²) in [6, 6.07) is 6.83. The summed E-state index contributed by atoms with van der Waals surface area (Å²) in [5.74, 6) is -1.11. The Morgan fingerprint density at radius 1 is 1.24 bits per heavy atom. The topological polar surface area (TPSA) is 74.4 Å². The van der Waals surface area contributed by atoms with Gasteiger partial charge in [0.25, 0.3) is 5.56 Å². The van der Waals surface area contributed by atoms with Gasteiger partial charge in [0.2, 0.25) is 0 Å². The number of ether oxygens (including phenoxy) is 1. The largest absolute Gasteiger partial charge is 0.373 e. The number of aromatic nitrogens is 1. The van der Waals surface area contributed by atoms with Crippen molar-refractivity contribution < 1.29 is 18.3 Å². The lowest BCUT2D eigenvalue weighted by atomic mass is 9.96. The van der Waals surface area contributed by atoms with E-state index in [1.165, 1.54) is 35.2 Å². The van der Waals surface area contributed by atoms with E-state index in [9.17, 15) is 18.4 Å². The van der Waals surface area contributed by atoms with Crippen LogP contribution in [-0.4, -0.2) is 29.6 Å². The van der Waals surface area contributed by atoms with Crippen LogP contribution < -0.4 is 10.9 Å². The standard InChI is InChI=1S/C20H16ClF2N3O3/c1-26(20(28)24-11-3-5-15(23)14(21)7-11)17-9-29-8-16-18(17)12-4-2-10(22)6-13(12)19(27)25-16/h2-7,17H,8-9H2,1H3,(H,24,28)(H,25,27). The Kier molecular flexibility index (Phi) is 4.97. The first-order valence-corrected chi connectivity index (χ1v) is 9.14. The SMILES string of the molecule is CN(C(=O)Nc1ccc(F)c(Cl)c1)C1COCc2[nH]c(=O)c3cc(F)ccc3c21. The number of anilines is 1. The molecular weight excluding hydrogens is 404 g/mol. The van der Waals surface area contributed by atoms with Gasteiger partial charge in [-0.3, -0.25) is 4.79 Å². The summed E-state index contributed by atoms with van der Waals surface area (Å²) in [5.41, 5.74) is 1.14. The number of hydrogen-bond acceptors (Lipinski definition) is 3. The van der Waals surface area contributed by atoms with Crippen LogP contribution in [0.1, 0.15) is 17.3 Å². The zero-order valence-corrected chi connectivity index (χ0v) is 16.0. The van der Waals surface area contributed by atoms with Crippen molar-refractivity contribution in [2.45, 2.75) is 12.6 Å². The van der Waals surface area contributed by atoms with E-state index in [-0.39, 0.29) is 23.6 Å². The third-order valence-corrected chi connectivity index (χ3v) is 5.21. The summed E-state index contributed by atoms with van der Waals surface area (Å²) in [4.78, 5) is 29.2. The number of urea groups is 1. The molecule has 9 heteroatoms. The summed E-state index contributed by atoms with van der Waals surface area (Å²) < 4.78 is 32.5. The lowest BCUT2D eigenvalue weighted by molar-refractivity contribution is 0.0527. The fourth-order valence-electron chi connectivity index (χ4n) is 3.46. The van der Waals surface area contributed by atoms with E-state index in [2.05, 4.69) is 10.3 Å². The Hall–Kier alpha value is -2.97. The number of aromatic amines is 1. The Labute approximate surface area is 169 Å². The number of nitrogens with one attached hydrogen (secondary N) is 2. The average molecular weight is 420 g/mol. The van der Waals surface area contributed by atoms with Gasteiger partial charge in [0.15, 0.2) is 0 Å². The molecule has 29 heavy (non-hydrogen) atoms. The maximum atomic E-state index is 13.6. The van der Waals surface area contributed by atoms with Gasteiger partial charge in [-0.05, 0) is 35.7 Å². The summed E-state index contributed by atoms with van der Waals surface area (Å²) >= 11 is 5.76. The Morgan fingerprint density at radius 3 is 2.79 bits per heavy atom. The van der Waals surface area contributed by atoms with E-state index in [4.69, 9.17) is 16.3 Å². The molecule has 0 bridgehead atoms. The first-order chi connectivity index (χ1) is 13.8. The molecule has 0 radical (unpaired) electrons. The molecule has 3 aromatic rings. The molecule has 150 valence electrons. The summed E-state index contributed by atoms with van der Waals surface area (Å²) in [5, 5.41) is 3.31. The highest BCUT2D eigenvalue weighted by Crippen LogP contribution is 2.33. The Morgan fingerprint density at radius 2 is 2.03 bits per heavy atom. The van der Waals surface area contributed by atoms with Gasteiger partial charge in [0.1, 0.15) is 11.6 Å². The fourth-order valence-corrected chi connectivity index (χ4v) is 3.64. The second kappa shape index (κ2) is 7.46. The number of carbonyl (C=O) groups is 1. The van der Waals surface area contributed by atoms with E-state index in [1.807, 2.05) is 0 Å². The lowest BCUT2D eigenvalue weighted by Crippen LogP contribution is -2.39. The number of carbonyl (C=O) groups excluding carboxylic acids is 1. The van der Waals surface area contributed by atoms with Crippen LogP contribution in [0.5, 0.6) is 0 Å². The van der Waals surface area contributed by atoms with Crippen LogP contribution in [0, 0.1) is 11.6 Å². The Balaban J connectivity index is 1.70. The average Bonchev–Trinajstić information content (AvgIpc) is 2.70. The number of fused-ring (bicyclic) bond motifs is 3. The molecule has 2 N–H and O–H groups in total. The van der Waals surface area contributed by atoms with Crippen LogP contribution in [0.25, 0.3) is 10.8 Å². The van der Waals surface area contributed by atoms with E-state index in [1.54, 1.807) is 7.05 Å². The minimum absolute atomic E-state index is 0.109. The maximum Gasteiger partial charge on any atom is 0.322 e. The number of amides is 2. The maximum absolute atomic E-state index is 13.6. The number of benzene rings is 2. The summed E-state index contributed by atoms with van der Waals surface area (Å²) in [6.07, 6.45) is 0. The molecule has 0 saturated heterocycles. The molecule has 2 amide bonds. The Bertz CT molecular complexity index is 1180. The monoisotopic (exact) mass is 419 g/mol. The lowest BCUT2D eigenvalue weighted by Gasteiger charge is -2.33. The van der Waals surface area contributed by atoms with Gasteiger partial charge in [-0.25, -0.2) is 13.6 Å². The molecule has 1 atom stereocenters. The zero-order valence-electron chi connectivity index (χ0n) is 15.3. The van der Waals surface area contributed by atoms with E-state index < -0.39 is 29.3 Å². The zero-order chi connectivity index (χ0) is 20.7. The number of likely N-dealkylation sites (N-methyl/N-ethyl adjacent to an activating group) is 1. The number of pyridine rings is 1. The molecule has 0 saturated carbocycles. The van der Waals surface area contributed by atoms with Crippen LogP contribution in [0.15, 0.2) is 41.2 Å². The van der Waals surface area contributed by atoms with Crippen molar-refractivity contribution in [3.05, 3.63) is 74.7 Å². The van der Waals surface area contributed by atoms with Crippen molar-refractivity contribution in [1.82, 2.24) is 9.88 Å². The molecule has 1 aliphatic rings. The van der Waals surface area contributed by atoms with Gasteiger partial charge in [-0.2, -0.15) is 0 Å². The number of rotatable bonds is 2. The van der Waals surface area contributed by atoms with Gasteiger partial charge in [-0.1, -0.05) is 17.7 Å². The normalized spacial score (nSPS) is 15.8. The number of H-pyrrole nitrogens is 1. The van der Waals surface area contributed by atoms with Crippen molar-refractivity contribution in [1.29, 1.82) is 0 Å². The van der Waals surface area contributed by atoms with Crippen molar-refractivity contribution >= 4 is 34.1 Å². The van der Waals surface area contributed by atoms with E-state index in [0.717, 1.165) is 6.07 Å². The minimum Gasteiger partial charge on any atom is -0.373 e. The second-order valence-electron chi connectivity index (χ2n) is 6.74. The second-order valence-corrected chi connectivity index (χ2v) is 7.14. The molecule has 6 nitrogen and oxygen atoms in total. The van der Waals surface area contributed by atoms with E-state index in [0.29, 0.717) is 22.3 Å². The van der Waals surface area contributed by atoms with Crippen LogP contribution >= 0.6 is 11.6 Å². The molecule has 0 aliphatic carbocycles. The van der Waals surface area contributed by atoms with E-state index >= 15 is 0 Å². The fraction of sp³-hybridized carbons (Fsp3) is 0.200. The van der Waals surface area contributed by atoms with Crippen LogP contribution in [-0.2, 0) is 11.3 Å². The van der Waals surface area contributed by atoms with Gasteiger partial charge in [0.05, 0.1) is 29.7 Å². The predicted octanol–water partition coefficient (Wildman–Crippen LogP) is 4.19. The summed E-state index contributed by atoms with van der Waals surface area (Å²) in [6.45, 7) is 0.372. The highest BCUT2D eigenvalue weighted by molar-refractivity contribution is 6.31. The third kappa shape index (κ3) is 3.56. The number of hydrogen-bond donors (Lipinski definition) is 2. The summed E-state index contributed by atoms with van der Waals surface area (Å²) in [7, 11) is 1.57. The highest BCUT2D eigenvalue weighted by atomic mass is 35.5. The van der Waals surface area contributed by atoms with Crippen molar-refractivity contribution in [2.75, 3.05) is 19.0 Å². The molecule has 0 spiro atoms. The van der Waals surface area contributed by atoms with Gasteiger partial charge < -0.3 is 19.9 Å². The van der Waals surface area contributed by atoms with Crippen molar-refractivity contribution in [3.8, 4) is 0 Å². The van der Waals surface area contributed by atoms with Crippen LogP contribution in [0.3, 0.4) is 0 Å². The first-order valence-electron chi connectivity index (χ1n) is 8.76. The molecule has 0 fully saturated rings. The molecule has 2 heterocycles. The smallest absolute Gasteiger partial charge is 0.322 e. The van der Waals surface area contributed by atoms with Gasteiger partial charge >= 0.3 is 6.03 Å². The quantitative estimate of drug-likeness (QED) is 0.654. The number of halogens is 3. The van der Waals surface area contributed by atoms with Gasteiger partial charge in [-0.15, -0.1) is 0 Å². The minimum atomic E-state index is -0.588. The van der Waals surface area contributed by atoms with Crippen LogP contribution in [0.4, 0.5) is 19.3 Å². The third-order valence-electron chi connectivity index (χ3n) is 4.92. The van der Waals surface area contributed by atoms with Crippen molar-refractivity contribution in [3.63, 3.8) is 0 Å². The molecule has 1 unspecified atom stereocenters. The van der Waals surface area contributed by atoms with Gasteiger partial charge in [0, 0.05) is 24.0 Å². The number of nitrogens with zero attached hydrogens (tertiary/aromatic N) is 1. The molecule has 4 rings (SSSR count). The van der Waals surface area contributed by atoms with Crippen molar-refractivity contribution in [2.24, 2.45) is 0 Å². The molecule has 2 aromatic carbocycles. The molecule has 1 aromatic heterocycles. The highest BCUT2D eigenvalue weighted by Gasteiger charge is 2.30. The first kappa shape index (κ1) is 19.4. The molecule has 1 aliphatic heterocycles. The van der Waals surface area contributed by atoms with Crippen LogP contribution in [0.2, 0.25) is 5.02 Å². The molecular formula is C20H16ClF2N3O3.